The van der Waals surface area contributed by atoms with Crippen molar-refractivity contribution in [2.75, 3.05) is 13.2 Å². The van der Waals surface area contributed by atoms with Gasteiger partial charge in [-0.2, -0.15) is 5.10 Å². The standard InChI is InChI=1S/C23H23N3O2S/c1-3-13-28-17-9-7-16(8-10-17)22-19-15-18(27-4-2)11-12-20(19)24-23(26-25-22)21-6-5-14-29-21/h5-12,14-15H,3-4,13H2,1-2H3,(H,24,26). The van der Waals surface area contributed by atoms with Crippen molar-refractivity contribution in [2.24, 2.45) is 10.1 Å². The predicted molar refractivity (Wildman–Crippen MR) is 119 cm³/mol. The number of rotatable bonds is 7. The molecule has 5 nitrogen and oxygen atoms in total. The molecular weight excluding hydrogens is 382 g/mol. The summed E-state index contributed by atoms with van der Waals surface area (Å²) in [7, 11) is 0. The lowest BCUT2D eigenvalue weighted by Gasteiger charge is -2.11. The van der Waals surface area contributed by atoms with Gasteiger partial charge in [0.2, 0.25) is 0 Å². The fourth-order valence-electron chi connectivity index (χ4n) is 3.05. The molecule has 1 aliphatic heterocycles. The van der Waals surface area contributed by atoms with Gasteiger partial charge in [0.05, 0.1) is 23.8 Å². The molecule has 0 atom stereocenters. The van der Waals surface area contributed by atoms with Crippen molar-refractivity contribution in [3.05, 3.63) is 76.0 Å². The van der Waals surface area contributed by atoms with Crippen LogP contribution in [0.1, 0.15) is 36.3 Å². The maximum atomic E-state index is 5.72. The Morgan fingerprint density at radius 2 is 1.79 bits per heavy atom. The van der Waals surface area contributed by atoms with Crippen molar-refractivity contribution < 1.29 is 9.47 Å². The van der Waals surface area contributed by atoms with Gasteiger partial charge in [-0.25, -0.2) is 4.99 Å². The van der Waals surface area contributed by atoms with E-state index in [1.54, 1.807) is 11.3 Å². The summed E-state index contributed by atoms with van der Waals surface area (Å²) in [5, 5.41) is 6.74. The lowest BCUT2D eigenvalue weighted by atomic mass is 10.0. The van der Waals surface area contributed by atoms with Crippen LogP contribution in [-0.2, 0) is 0 Å². The molecule has 3 aromatic rings. The van der Waals surface area contributed by atoms with Crippen LogP contribution in [0.5, 0.6) is 11.5 Å². The van der Waals surface area contributed by atoms with E-state index in [1.165, 1.54) is 0 Å². The molecule has 1 aliphatic rings. The van der Waals surface area contributed by atoms with Gasteiger partial charge in [0.1, 0.15) is 17.2 Å². The number of fused-ring (bicyclic) bond motifs is 1. The van der Waals surface area contributed by atoms with Crippen molar-refractivity contribution in [3.8, 4) is 11.5 Å². The normalized spacial score (nSPS) is 12.9. The van der Waals surface area contributed by atoms with E-state index in [0.717, 1.165) is 51.2 Å². The van der Waals surface area contributed by atoms with E-state index >= 15 is 0 Å². The molecule has 0 amide bonds. The van der Waals surface area contributed by atoms with E-state index in [4.69, 9.17) is 19.6 Å². The first kappa shape index (κ1) is 19.2. The number of nitrogens with zero attached hydrogens (tertiary/aromatic N) is 2. The lowest BCUT2D eigenvalue weighted by Crippen LogP contribution is -2.18. The van der Waals surface area contributed by atoms with Crippen LogP contribution in [-0.4, -0.2) is 24.8 Å². The molecule has 2 aromatic carbocycles. The van der Waals surface area contributed by atoms with Crippen molar-refractivity contribution in [1.82, 2.24) is 5.43 Å². The van der Waals surface area contributed by atoms with Gasteiger partial charge < -0.3 is 9.47 Å². The maximum Gasteiger partial charge on any atom is 0.164 e. The summed E-state index contributed by atoms with van der Waals surface area (Å²) in [5.41, 5.74) is 6.74. The summed E-state index contributed by atoms with van der Waals surface area (Å²) in [6.07, 6.45) is 0.981. The largest absolute Gasteiger partial charge is 0.494 e. The summed E-state index contributed by atoms with van der Waals surface area (Å²) in [6.45, 7) is 5.39. The van der Waals surface area contributed by atoms with E-state index in [9.17, 15) is 0 Å². The van der Waals surface area contributed by atoms with E-state index in [2.05, 4.69) is 12.3 Å². The Kier molecular flexibility index (Phi) is 5.91. The third kappa shape index (κ3) is 4.32. The highest BCUT2D eigenvalue weighted by molar-refractivity contribution is 7.12. The van der Waals surface area contributed by atoms with Crippen LogP contribution in [0.3, 0.4) is 0 Å². The number of aliphatic imine (C=N–C) groups is 1. The fourth-order valence-corrected chi connectivity index (χ4v) is 3.71. The number of hydrogen-bond acceptors (Lipinski definition) is 6. The topological polar surface area (TPSA) is 55.2 Å². The Hall–Kier alpha value is -3.12. The van der Waals surface area contributed by atoms with Crippen LogP contribution in [0.2, 0.25) is 0 Å². The number of amidine groups is 1. The molecule has 0 radical (unpaired) electrons. The first-order valence-electron chi connectivity index (χ1n) is 9.75. The molecule has 29 heavy (non-hydrogen) atoms. The molecule has 0 saturated carbocycles. The summed E-state index contributed by atoms with van der Waals surface area (Å²) in [5.74, 6) is 2.40. The van der Waals surface area contributed by atoms with Crippen LogP contribution >= 0.6 is 11.3 Å². The van der Waals surface area contributed by atoms with E-state index < -0.39 is 0 Å². The highest BCUT2D eigenvalue weighted by Crippen LogP contribution is 2.30. The lowest BCUT2D eigenvalue weighted by molar-refractivity contribution is 0.317. The molecule has 0 fully saturated rings. The van der Waals surface area contributed by atoms with Crippen molar-refractivity contribution in [1.29, 1.82) is 0 Å². The SMILES string of the molecule is CCCOc1ccc(C2=NNC(c3cccs3)=Nc3ccc(OCC)cc32)cc1. The highest BCUT2D eigenvalue weighted by atomic mass is 32.1. The molecular formula is C23H23N3O2S. The maximum absolute atomic E-state index is 5.72. The Morgan fingerprint density at radius 1 is 0.966 bits per heavy atom. The number of benzene rings is 2. The molecule has 2 heterocycles. The average Bonchev–Trinajstić information content (AvgIpc) is 3.22. The molecule has 6 heteroatoms. The molecule has 1 N–H and O–H groups in total. The minimum Gasteiger partial charge on any atom is -0.494 e. The monoisotopic (exact) mass is 405 g/mol. The molecule has 0 saturated heterocycles. The second-order valence-corrected chi connectivity index (χ2v) is 7.44. The van der Waals surface area contributed by atoms with Crippen LogP contribution in [0.4, 0.5) is 5.69 Å². The Balaban J connectivity index is 1.75. The molecule has 0 bridgehead atoms. The quantitative estimate of drug-likeness (QED) is 0.575. The second-order valence-electron chi connectivity index (χ2n) is 6.49. The van der Waals surface area contributed by atoms with Crippen LogP contribution < -0.4 is 14.9 Å². The molecule has 0 unspecified atom stereocenters. The van der Waals surface area contributed by atoms with Gasteiger partial charge in [-0.05, 0) is 67.3 Å². The zero-order valence-corrected chi connectivity index (χ0v) is 17.3. The minimum atomic E-state index is 0.608. The predicted octanol–water partition coefficient (Wildman–Crippen LogP) is 5.37. The summed E-state index contributed by atoms with van der Waals surface area (Å²) >= 11 is 1.63. The first-order chi connectivity index (χ1) is 14.3. The molecule has 1 aromatic heterocycles. The van der Waals surface area contributed by atoms with E-state index in [1.807, 2.05) is 66.9 Å². The van der Waals surface area contributed by atoms with E-state index in [0.29, 0.717) is 13.2 Å². The Labute approximate surface area is 174 Å². The Bertz CT molecular complexity index is 1020. The van der Waals surface area contributed by atoms with Gasteiger partial charge in [0.25, 0.3) is 0 Å². The van der Waals surface area contributed by atoms with Crippen molar-refractivity contribution in [3.63, 3.8) is 0 Å². The third-order valence-electron chi connectivity index (χ3n) is 4.40. The number of hydrazone groups is 1. The van der Waals surface area contributed by atoms with Gasteiger partial charge in [0.15, 0.2) is 5.84 Å². The molecule has 0 spiro atoms. The number of thiophene rings is 1. The molecule has 4 rings (SSSR count). The molecule has 148 valence electrons. The highest BCUT2D eigenvalue weighted by Gasteiger charge is 2.18. The van der Waals surface area contributed by atoms with Crippen LogP contribution in [0.15, 0.2) is 70.1 Å². The third-order valence-corrected chi connectivity index (χ3v) is 5.27. The van der Waals surface area contributed by atoms with Crippen molar-refractivity contribution >= 4 is 28.6 Å². The minimum absolute atomic E-state index is 0.608. The second kappa shape index (κ2) is 8.92. The van der Waals surface area contributed by atoms with Gasteiger partial charge in [-0.3, -0.25) is 5.43 Å². The zero-order chi connectivity index (χ0) is 20.1. The summed E-state index contributed by atoms with van der Waals surface area (Å²) < 4.78 is 11.4. The Morgan fingerprint density at radius 3 is 2.52 bits per heavy atom. The summed E-state index contributed by atoms with van der Waals surface area (Å²) in [4.78, 5) is 5.88. The first-order valence-corrected chi connectivity index (χ1v) is 10.6. The number of ether oxygens (including phenoxy) is 2. The smallest absolute Gasteiger partial charge is 0.164 e. The van der Waals surface area contributed by atoms with Crippen molar-refractivity contribution in [2.45, 2.75) is 20.3 Å². The van der Waals surface area contributed by atoms with Crippen LogP contribution in [0, 0.1) is 0 Å². The van der Waals surface area contributed by atoms with E-state index in [-0.39, 0.29) is 0 Å². The molecule has 0 aliphatic carbocycles. The van der Waals surface area contributed by atoms with Gasteiger partial charge in [-0.15, -0.1) is 11.3 Å². The van der Waals surface area contributed by atoms with Gasteiger partial charge >= 0.3 is 0 Å². The van der Waals surface area contributed by atoms with Crippen LogP contribution in [0.25, 0.3) is 0 Å². The number of hydrogen-bond donors (Lipinski definition) is 1. The average molecular weight is 406 g/mol. The van der Waals surface area contributed by atoms with Gasteiger partial charge in [-0.1, -0.05) is 13.0 Å². The fraction of sp³-hybridized carbons (Fsp3) is 0.217. The van der Waals surface area contributed by atoms with Gasteiger partial charge in [0, 0.05) is 11.1 Å². The zero-order valence-electron chi connectivity index (χ0n) is 16.5. The summed E-state index contributed by atoms with van der Waals surface area (Å²) in [6, 6.07) is 18.0. The number of nitrogens with one attached hydrogen (secondary N) is 1.